The number of rotatable bonds is 2. The maximum atomic E-state index is 10.6. The lowest BCUT2D eigenvalue weighted by Crippen LogP contribution is -2.23. The normalized spacial score (nSPS) is 9.64. The van der Waals surface area contributed by atoms with Crippen LogP contribution in [0.4, 0.5) is 16.7 Å². The number of hydrogen-bond acceptors (Lipinski definition) is 5. The molecule has 0 unspecified atom stereocenters. The summed E-state index contributed by atoms with van der Waals surface area (Å²) in [5.41, 5.74) is 4.94. The van der Waals surface area contributed by atoms with Crippen molar-refractivity contribution in [1.82, 2.24) is 15.0 Å². The van der Waals surface area contributed by atoms with E-state index in [-0.39, 0.29) is 5.95 Å². The number of anilines is 2. The number of nitrogens with two attached hydrogens (primary N) is 1. The molecule has 76 valence electrons. The van der Waals surface area contributed by atoms with Crippen LogP contribution >= 0.6 is 0 Å². The molecule has 0 spiro atoms. The summed E-state index contributed by atoms with van der Waals surface area (Å²) < 4.78 is 0. The summed E-state index contributed by atoms with van der Waals surface area (Å²) in [6, 6.07) is -0.694. The molecule has 1 heterocycles. The van der Waals surface area contributed by atoms with Gasteiger partial charge in [0.2, 0.25) is 11.9 Å². The average Bonchev–Trinajstić information content (AvgIpc) is 2.01. The molecule has 0 aromatic carbocycles. The van der Waals surface area contributed by atoms with Gasteiger partial charge in [-0.1, -0.05) is 0 Å². The van der Waals surface area contributed by atoms with Crippen molar-refractivity contribution in [2.45, 2.75) is 6.92 Å². The SMILES string of the molecule is Cc1nc(NC(N)=O)nc(N(C)C)n1. The Hall–Kier alpha value is -1.92. The van der Waals surface area contributed by atoms with Crippen molar-refractivity contribution in [3.8, 4) is 0 Å². The molecule has 1 aromatic heterocycles. The van der Waals surface area contributed by atoms with E-state index < -0.39 is 6.03 Å². The molecule has 0 aliphatic rings. The third-order valence-electron chi connectivity index (χ3n) is 1.37. The van der Waals surface area contributed by atoms with Crippen molar-refractivity contribution in [3.05, 3.63) is 5.82 Å². The highest BCUT2D eigenvalue weighted by molar-refractivity contribution is 5.85. The predicted octanol–water partition coefficient (Wildman–Crippen LogP) is -0.263. The number of primary amides is 1. The lowest BCUT2D eigenvalue weighted by atomic mass is 10.6. The van der Waals surface area contributed by atoms with Gasteiger partial charge in [0.05, 0.1) is 0 Å². The monoisotopic (exact) mass is 196 g/mol. The van der Waals surface area contributed by atoms with Gasteiger partial charge in [-0.25, -0.2) is 4.79 Å². The van der Waals surface area contributed by atoms with Gasteiger partial charge in [0, 0.05) is 14.1 Å². The second-order valence-corrected chi connectivity index (χ2v) is 2.89. The largest absolute Gasteiger partial charge is 0.351 e. The number of hydrogen-bond donors (Lipinski definition) is 2. The lowest BCUT2D eigenvalue weighted by Gasteiger charge is -2.11. The van der Waals surface area contributed by atoms with E-state index in [1.54, 1.807) is 25.9 Å². The van der Waals surface area contributed by atoms with Gasteiger partial charge in [-0.3, -0.25) is 5.32 Å². The molecule has 1 rings (SSSR count). The van der Waals surface area contributed by atoms with Crippen LogP contribution in [-0.4, -0.2) is 35.1 Å². The average molecular weight is 196 g/mol. The molecule has 2 amide bonds. The van der Waals surface area contributed by atoms with Crippen LogP contribution in [-0.2, 0) is 0 Å². The minimum Gasteiger partial charge on any atom is -0.351 e. The molecule has 0 fully saturated rings. The number of nitrogens with one attached hydrogen (secondary N) is 1. The lowest BCUT2D eigenvalue weighted by molar-refractivity contribution is 0.259. The van der Waals surface area contributed by atoms with Crippen molar-refractivity contribution < 1.29 is 4.79 Å². The minimum atomic E-state index is -0.694. The Bertz CT molecular complexity index is 350. The van der Waals surface area contributed by atoms with E-state index in [0.717, 1.165) is 0 Å². The number of aryl methyl sites for hydroxylation is 1. The van der Waals surface area contributed by atoms with Gasteiger partial charge in [-0.15, -0.1) is 0 Å². The number of amides is 2. The van der Waals surface area contributed by atoms with Crippen LogP contribution in [0.15, 0.2) is 0 Å². The summed E-state index contributed by atoms with van der Waals surface area (Å²) in [6.07, 6.45) is 0. The van der Waals surface area contributed by atoms with Crippen molar-refractivity contribution in [1.29, 1.82) is 0 Å². The van der Waals surface area contributed by atoms with Crippen LogP contribution in [0.3, 0.4) is 0 Å². The third kappa shape index (κ3) is 2.54. The van der Waals surface area contributed by atoms with Crippen LogP contribution < -0.4 is 16.0 Å². The predicted molar refractivity (Wildman–Crippen MR) is 52.1 cm³/mol. The zero-order valence-corrected chi connectivity index (χ0v) is 8.27. The van der Waals surface area contributed by atoms with E-state index in [1.165, 1.54) is 0 Å². The van der Waals surface area contributed by atoms with Crippen LogP contribution in [0.2, 0.25) is 0 Å². The fourth-order valence-corrected chi connectivity index (χ4v) is 0.834. The smallest absolute Gasteiger partial charge is 0.319 e. The molecule has 14 heavy (non-hydrogen) atoms. The van der Waals surface area contributed by atoms with E-state index in [4.69, 9.17) is 5.73 Å². The number of aromatic nitrogens is 3. The number of carbonyl (C=O) groups excluding carboxylic acids is 1. The van der Waals surface area contributed by atoms with E-state index in [0.29, 0.717) is 11.8 Å². The first-order valence-electron chi connectivity index (χ1n) is 3.95. The zero-order chi connectivity index (χ0) is 10.7. The second-order valence-electron chi connectivity index (χ2n) is 2.89. The summed E-state index contributed by atoms with van der Waals surface area (Å²) in [4.78, 5) is 24.2. The van der Waals surface area contributed by atoms with Crippen LogP contribution in [0, 0.1) is 6.92 Å². The molecule has 0 bridgehead atoms. The third-order valence-corrected chi connectivity index (χ3v) is 1.37. The van der Waals surface area contributed by atoms with E-state index >= 15 is 0 Å². The summed E-state index contributed by atoms with van der Waals surface area (Å²) in [6.45, 7) is 1.71. The van der Waals surface area contributed by atoms with E-state index in [1.807, 2.05) is 0 Å². The fraction of sp³-hybridized carbons (Fsp3) is 0.429. The zero-order valence-electron chi connectivity index (χ0n) is 8.27. The maximum Gasteiger partial charge on any atom is 0.319 e. The molecule has 1 aromatic rings. The molecule has 0 aliphatic heterocycles. The number of nitrogens with zero attached hydrogens (tertiary/aromatic N) is 4. The van der Waals surface area contributed by atoms with Gasteiger partial charge >= 0.3 is 6.03 Å². The van der Waals surface area contributed by atoms with Crippen molar-refractivity contribution in [2.75, 3.05) is 24.3 Å². The van der Waals surface area contributed by atoms with Gasteiger partial charge in [-0.2, -0.15) is 15.0 Å². The summed E-state index contributed by atoms with van der Waals surface area (Å²) in [5, 5.41) is 2.29. The van der Waals surface area contributed by atoms with Gasteiger partial charge in [0.1, 0.15) is 5.82 Å². The highest BCUT2D eigenvalue weighted by Crippen LogP contribution is 2.06. The van der Waals surface area contributed by atoms with Crippen LogP contribution in [0.25, 0.3) is 0 Å². The Balaban J connectivity index is 3.01. The minimum absolute atomic E-state index is 0.161. The molecule has 7 heteroatoms. The number of urea groups is 1. The van der Waals surface area contributed by atoms with Crippen LogP contribution in [0.5, 0.6) is 0 Å². The molecule has 0 atom stereocenters. The topological polar surface area (TPSA) is 97.0 Å². The van der Waals surface area contributed by atoms with Crippen molar-refractivity contribution in [2.24, 2.45) is 5.73 Å². The van der Waals surface area contributed by atoms with Crippen molar-refractivity contribution >= 4 is 17.9 Å². The standard InChI is InChI=1S/C7H12N6O/c1-4-9-6(11-5(8)14)12-7(10-4)13(2)3/h1-3H3,(H3,8,9,10,11,12,14). The molecule has 0 saturated carbocycles. The maximum absolute atomic E-state index is 10.6. The first-order chi connectivity index (χ1) is 6.49. The summed E-state index contributed by atoms with van der Waals surface area (Å²) in [5.74, 6) is 1.16. The highest BCUT2D eigenvalue weighted by atomic mass is 16.2. The Labute approximate surface area is 81.4 Å². The van der Waals surface area contributed by atoms with Gasteiger partial charge in [0.15, 0.2) is 0 Å². The molecular formula is C7H12N6O. The summed E-state index contributed by atoms with van der Waals surface area (Å²) >= 11 is 0. The molecule has 3 N–H and O–H groups in total. The van der Waals surface area contributed by atoms with Gasteiger partial charge in [0.25, 0.3) is 0 Å². The first-order valence-corrected chi connectivity index (χ1v) is 3.95. The fourth-order valence-electron chi connectivity index (χ4n) is 0.834. The Morgan fingerprint density at radius 2 is 2.00 bits per heavy atom. The molecule has 0 radical (unpaired) electrons. The molecule has 7 nitrogen and oxygen atoms in total. The van der Waals surface area contributed by atoms with E-state index in [2.05, 4.69) is 20.3 Å². The Morgan fingerprint density at radius 3 is 2.50 bits per heavy atom. The van der Waals surface area contributed by atoms with Crippen LogP contribution in [0.1, 0.15) is 5.82 Å². The van der Waals surface area contributed by atoms with E-state index in [9.17, 15) is 4.79 Å². The van der Waals surface area contributed by atoms with Gasteiger partial charge in [-0.05, 0) is 6.92 Å². The molecule has 0 aliphatic carbocycles. The Kier molecular flexibility index (Phi) is 2.80. The number of carbonyl (C=O) groups is 1. The molecule has 0 saturated heterocycles. The Morgan fingerprint density at radius 1 is 1.36 bits per heavy atom. The van der Waals surface area contributed by atoms with Gasteiger partial charge < -0.3 is 10.6 Å². The highest BCUT2D eigenvalue weighted by Gasteiger charge is 2.06. The quantitative estimate of drug-likeness (QED) is 0.679. The first kappa shape index (κ1) is 10.2. The second kappa shape index (κ2) is 3.86. The van der Waals surface area contributed by atoms with Crippen molar-refractivity contribution in [3.63, 3.8) is 0 Å². The molecular weight excluding hydrogens is 184 g/mol. The summed E-state index contributed by atoms with van der Waals surface area (Å²) in [7, 11) is 3.59.